The van der Waals surface area contributed by atoms with Crippen molar-refractivity contribution < 1.29 is 13.9 Å². The topological polar surface area (TPSA) is 92.5 Å². The van der Waals surface area contributed by atoms with Gasteiger partial charge in [-0.25, -0.2) is 9.97 Å². The van der Waals surface area contributed by atoms with Crippen molar-refractivity contribution in [1.29, 1.82) is 0 Å². The number of carbonyl (C=O) groups is 1. The van der Waals surface area contributed by atoms with Gasteiger partial charge >= 0.3 is 0 Å². The van der Waals surface area contributed by atoms with Gasteiger partial charge in [-0.15, -0.1) is 0 Å². The summed E-state index contributed by atoms with van der Waals surface area (Å²) in [5.74, 6) is 1.75. The van der Waals surface area contributed by atoms with Gasteiger partial charge in [-0.2, -0.15) is 0 Å². The predicted octanol–water partition coefficient (Wildman–Crippen LogP) is 1.05. The van der Waals surface area contributed by atoms with E-state index in [-0.39, 0.29) is 5.91 Å². The molecular weight excluding hydrogens is 322 g/mol. The average molecular weight is 345 g/mol. The Morgan fingerprint density at radius 3 is 2.92 bits per heavy atom. The smallest absolute Gasteiger partial charge is 0.270 e. The number of ether oxygens (including phenoxy) is 1. The van der Waals surface area contributed by atoms with E-state index in [4.69, 9.17) is 9.15 Å². The lowest BCUT2D eigenvalue weighted by molar-refractivity contribution is 0.0383. The summed E-state index contributed by atoms with van der Waals surface area (Å²) >= 11 is 0. The highest BCUT2D eigenvalue weighted by molar-refractivity contribution is 5.92. The molecule has 3 heterocycles. The molecule has 0 aliphatic carbocycles. The SMILES string of the molecule is Cc1nc(NCc2ccco2)cc(C(=O)NCCN2CCOCC2)n1. The molecule has 1 aliphatic rings. The molecule has 134 valence electrons. The molecule has 0 spiro atoms. The van der Waals surface area contributed by atoms with E-state index in [1.807, 2.05) is 12.1 Å². The van der Waals surface area contributed by atoms with Gasteiger partial charge in [-0.1, -0.05) is 0 Å². The van der Waals surface area contributed by atoms with Gasteiger partial charge in [0.25, 0.3) is 5.91 Å². The Bertz CT molecular complexity index is 684. The van der Waals surface area contributed by atoms with E-state index in [0.717, 1.165) is 38.6 Å². The third-order valence-electron chi connectivity index (χ3n) is 3.91. The lowest BCUT2D eigenvalue weighted by Crippen LogP contribution is -2.41. The number of morpholine rings is 1. The van der Waals surface area contributed by atoms with Crippen molar-refractivity contribution >= 4 is 11.7 Å². The number of hydrogen-bond acceptors (Lipinski definition) is 7. The van der Waals surface area contributed by atoms with Crippen LogP contribution >= 0.6 is 0 Å². The number of rotatable bonds is 7. The predicted molar refractivity (Wildman–Crippen MR) is 92.4 cm³/mol. The molecule has 2 N–H and O–H groups in total. The molecule has 2 aromatic heterocycles. The van der Waals surface area contributed by atoms with E-state index in [2.05, 4.69) is 25.5 Å². The van der Waals surface area contributed by atoms with Gasteiger partial charge in [0.05, 0.1) is 26.0 Å². The molecule has 0 atom stereocenters. The highest BCUT2D eigenvalue weighted by Gasteiger charge is 2.13. The Hall–Kier alpha value is -2.45. The largest absolute Gasteiger partial charge is 0.467 e. The fourth-order valence-electron chi connectivity index (χ4n) is 2.61. The number of carbonyl (C=O) groups excluding carboxylic acids is 1. The van der Waals surface area contributed by atoms with Crippen LogP contribution in [0.2, 0.25) is 0 Å². The fraction of sp³-hybridized carbons (Fsp3) is 0.471. The zero-order valence-electron chi connectivity index (χ0n) is 14.3. The molecule has 0 unspecified atom stereocenters. The Labute approximate surface area is 146 Å². The number of aryl methyl sites for hydroxylation is 1. The van der Waals surface area contributed by atoms with E-state index in [0.29, 0.717) is 30.4 Å². The summed E-state index contributed by atoms with van der Waals surface area (Å²) in [5.41, 5.74) is 0.358. The molecular formula is C17H23N5O3. The third kappa shape index (κ3) is 5.27. The second kappa shape index (κ2) is 8.59. The monoisotopic (exact) mass is 345 g/mol. The van der Waals surface area contributed by atoms with Gasteiger partial charge in [0.15, 0.2) is 0 Å². The Morgan fingerprint density at radius 2 is 2.16 bits per heavy atom. The van der Waals surface area contributed by atoms with Crippen LogP contribution in [0.25, 0.3) is 0 Å². The number of nitrogens with zero attached hydrogens (tertiary/aromatic N) is 3. The molecule has 8 heteroatoms. The average Bonchev–Trinajstić information content (AvgIpc) is 3.14. The van der Waals surface area contributed by atoms with Gasteiger partial charge in [-0.05, 0) is 19.1 Å². The molecule has 0 bridgehead atoms. The zero-order valence-corrected chi connectivity index (χ0v) is 14.3. The highest BCUT2D eigenvalue weighted by atomic mass is 16.5. The molecule has 0 radical (unpaired) electrons. The standard InChI is InChI=1S/C17H23N5O3/c1-13-20-15(11-16(21-13)19-12-14-3-2-8-25-14)17(23)18-4-5-22-6-9-24-10-7-22/h2-3,8,11H,4-7,9-10,12H2,1H3,(H,18,23)(H,19,20,21). The van der Waals surface area contributed by atoms with Gasteiger partial charge in [0.2, 0.25) is 0 Å². The quantitative estimate of drug-likeness (QED) is 0.775. The van der Waals surface area contributed by atoms with Gasteiger partial charge in [0, 0.05) is 32.2 Å². The van der Waals surface area contributed by atoms with Crippen molar-refractivity contribution in [2.75, 3.05) is 44.7 Å². The normalized spacial score (nSPS) is 15.1. The number of aromatic nitrogens is 2. The van der Waals surface area contributed by atoms with Crippen LogP contribution in [0.5, 0.6) is 0 Å². The van der Waals surface area contributed by atoms with Gasteiger partial charge < -0.3 is 19.8 Å². The Morgan fingerprint density at radius 1 is 1.32 bits per heavy atom. The van der Waals surface area contributed by atoms with Crippen molar-refractivity contribution in [3.63, 3.8) is 0 Å². The van der Waals surface area contributed by atoms with Crippen molar-refractivity contribution in [3.8, 4) is 0 Å². The molecule has 25 heavy (non-hydrogen) atoms. The van der Waals surface area contributed by atoms with Crippen LogP contribution in [-0.4, -0.2) is 60.2 Å². The van der Waals surface area contributed by atoms with E-state index in [1.54, 1.807) is 19.3 Å². The van der Waals surface area contributed by atoms with Crippen molar-refractivity contribution in [1.82, 2.24) is 20.2 Å². The van der Waals surface area contributed by atoms with Crippen LogP contribution in [0.1, 0.15) is 22.1 Å². The molecule has 0 aromatic carbocycles. The van der Waals surface area contributed by atoms with Crippen molar-refractivity contribution in [2.24, 2.45) is 0 Å². The van der Waals surface area contributed by atoms with Crippen LogP contribution in [0, 0.1) is 6.92 Å². The summed E-state index contributed by atoms with van der Waals surface area (Å²) in [4.78, 5) is 23.1. The molecule has 2 aromatic rings. The first kappa shape index (κ1) is 17.4. The van der Waals surface area contributed by atoms with Crippen LogP contribution < -0.4 is 10.6 Å². The van der Waals surface area contributed by atoms with Crippen molar-refractivity contribution in [3.05, 3.63) is 41.7 Å². The number of furan rings is 1. The van der Waals surface area contributed by atoms with E-state index in [9.17, 15) is 4.79 Å². The van der Waals surface area contributed by atoms with Crippen LogP contribution in [0.4, 0.5) is 5.82 Å². The van der Waals surface area contributed by atoms with E-state index < -0.39 is 0 Å². The molecule has 0 saturated carbocycles. The second-order valence-corrected chi connectivity index (χ2v) is 5.83. The van der Waals surface area contributed by atoms with E-state index >= 15 is 0 Å². The molecule has 1 fully saturated rings. The first-order valence-electron chi connectivity index (χ1n) is 8.41. The fourth-order valence-corrected chi connectivity index (χ4v) is 2.61. The van der Waals surface area contributed by atoms with Crippen molar-refractivity contribution in [2.45, 2.75) is 13.5 Å². The maximum atomic E-state index is 12.3. The minimum absolute atomic E-state index is 0.195. The molecule has 1 amide bonds. The van der Waals surface area contributed by atoms with Crippen LogP contribution in [0.15, 0.2) is 28.9 Å². The third-order valence-corrected chi connectivity index (χ3v) is 3.91. The molecule has 1 aliphatic heterocycles. The maximum absolute atomic E-state index is 12.3. The molecule has 8 nitrogen and oxygen atoms in total. The Balaban J connectivity index is 1.52. The zero-order chi connectivity index (χ0) is 17.5. The lowest BCUT2D eigenvalue weighted by atomic mass is 10.3. The summed E-state index contributed by atoms with van der Waals surface area (Å²) in [6, 6.07) is 5.36. The number of anilines is 1. The van der Waals surface area contributed by atoms with Crippen LogP contribution in [-0.2, 0) is 11.3 Å². The first-order chi connectivity index (χ1) is 12.2. The van der Waals surface area contributed by atoms with Crippen LogP contribution in [0.3, 0.4) is 0 Å². The number of hydrogen-bond donors (Lipinski definition) is 2. The summed E-state index contributed by atoms with van der Waals surface area (Å²) in [5, 5.41) is 6.06. The molecule has 1 saturated heterocycles. The molecule has 3 rings (SSSR count). The first-order valence-corrected chi connectivity index (χ1v) is 8.41. The number of nitrogens with one attached hydrogen (secondary N) is 2. The minimum Gasteiger partial charge on any atom is -0.467 e. The summed E-state index contributed by atoms with van der Waals surface area (Å²) in [7, 11) is 0. The lowest BCUT2D eigenvalue weighted by Gasteiger charge is -2.26. The van der Waals surface area contributed by atoms with Gasteiger partial charge in [0.1, 0.15) is 23.1 Å². The van der Waals surface area contributed by atoms with Gasteiger partial charge in [-0.3, -0.25) is 9.69 Å². The summed E-state index contributed by atoms with van der Waals surface area (Å²) in [6.45, 7) is 6.98. The second-order valence-electron chi connectivity index (χ2n) is 5.83. The summed E-state index contributed by atoms with van der Waals surface area (Å²) < 4.78 is 10.6. The Kier molecular flexibility index (Phi) is 5.97. The minimum atomic E-state index is -0.195. The number of amides is 1. The maximum Gasteiger partial charge on any atom is 0.270 e. The summed E-state index contributed by atoms with van der Waals surface area (Å²) in [6.07, 6.45) is 1.62. The van der Waals surface area contributed by atoms with E-state index in [1.165, 1.54) is 0 Å². The highest BCUT2D eigenvalue weighted by Crippen LogP contribution is 2.09.